The van der Waals surface area contributed by atoms with Gasteiger partial charge >= 0.3 is 0 Å². The monoisotopic (exact) mass is 285 g/mol. The van der Waals surface area contributed by atoms with Crippen LogP contribution in [0.15, 0.2) is 97.2 Å². The van der Waals surface area contributed by atoms with E-state index in [4.69, 9.17) is 0 Å². The number of hydrogen-bond acceptors (Lipinski definition) is 1. The third-order valence-electron chi connectivity index (χ3n) is 3.60. The molecule has 22 heavy (non-hydrogen) atoms. The third kappa shape index (κ3) is 3.64. The molecule has 1 heteroatoms. The van der Waals surface area contributed by atoms with Gasteiger partial charge < -0.3 is 5.32 Å². The molecule has 0 fully saturated rings. The van der Waals surface area contributed by atoms with E-state index in [0.717, 1.165) is 0 Å². The Morgan fingerprint density at radius 1 is 0.591 bits per heavy atom. The van der Waals surface area contributed by atoms with Crippen molar-refractivity contribution in [3.63, 3.8) is 0 Å². The highest BCUT2D eigenvalue weighted by molar-refractivity contribution is 5.48. The van der Waals surface area contributed by atoms with Gasteiger partial charge in [0, 0.05) is 0 Å². The maximum atomic E-state index is 3.52. The number of rotatable bonds is 5. The Morgan fingerprint density at radius 2 is 1.05 bits per heavy atom. The molecule has 0 saturated heterocycles. The van der Waals surface area contributed by atoms with Gasteiger partial charge in [-0.15, -0.1) is 0 Å². The minimum Gasteiger partial charge on any atom is -0.380 e. The molecule has 3 aromatic carbocycles. The molecule has 1 nitrogen and oxygen atoms in total. The summed E-state index contributed by atoms with van der Waals surface area (Å²) in [6.07, 6.45) is 4.12. The van der Waals surface area contributed by atoms with E-state index in [1.807, 2.05) is 36.5 Å². The van der Waals surface area contributed by atoms with Crippen LogP contribution in [0.2, 0.25) is 0 Å². The smallest absolute Gasteiger partial charge is 0.0762 e. The Kier molecular flexibility index (Phi) is 4.68. The van der Waals surface area contributed by atoms with Crippen molar-refractivity contribution < 1.29 is 0 Å². The lowest BCUT2D eigenvalue weighted by Gasteiger charge is -2.18. The zero-order valence-corrected chi connectivity index (χ0v) is 12.4. The quantitative estimate of drug-likeness (QED) is 0.692. The minimum absolute atomic E-state index is 0.155. The summed E-state index contributed by atoms with van der Waals surface area (Å²) < 4.78 is 0. The minimum atomic E-state index is 0.155. The first-order valence-corrected chi connectivity index (χ1v) is 7.51. The predicted octanol–water partition coefficient (Wildman–Crippen LogP) is 5.04. The molecule has 3 aromatic rings. The van der Waals surface area contributed by atoms with Crippen molar-refractivity contribution in [2.24, 2.45) is 0 Å². The van der Waals surface area contributed by atoms with Crippen LogP contribution in [0, 0.1) is 0 Å². The van der Waals surface area contributed by atoms with E-state index in [0.29, 0.717) is 0 Å². The molecule has 0 aliphatic heterocycles. The molecule has 0 aromatic heterocycles. The second-order valence-electron chi connectivity index (χ2n) is 5.17. The molecular weight excluding hydrogens is 266 g/mol. The van der Waals surface area contributed by atoms with Crippen molar-refractivity contribution in [2.45, 2.75) is 6.04 Å². The fourth-order valence-electron chi connectivity index (χ4n) is 2.48. The van der Waals surface area contributed by atoms with Crippen molar-refractivity contribution in [3.05, 3.63) is 114 Å². The van der Waals surface area contributed by atoms with E-state index in [1.165, 1.54) is 16.7 Å². The van der Waals surface area contributed by atoms with Crippen LogP contribution in [0.4, 0.5) is 0 Å². The molecule has 0 aliphatic carbocycles. The maximum absolute atomic E-state index is 3.52. The summed E-state index contributed by atoms with van der Waals surface area (Å²) in [7, 11) is 0. The molecule has 0 heterocycles. The van der Waals surface area contributed by atoms with E-state index < -0.39 is 0 Å². The molecule has 0 bridgehead atoms. The topological polar surface area (TPSA) is 12.0 Å². The van der Waals surface area contributed by atoms with Crippen molar-refractivity contribution >= 4 is 6.08 Å². The fraction of sp³-hybridized carbons (Fsp3) is 0.0476. The molecule has 0 amide bonds. The van der Waals surface area contributed by atoms with Gasteiger partial charge in [0.15, 0.2) is 0 Å². The standard InChI is InChI=1S/C21H19N/c1-4-10-18(11-5-1)16-17-22-21(19-12-6-2-7-13-19)20-14-8-3-9-15-20/h1-17,21-22H. The zero-order valence-electron chi connectivity index (χ0n) is 12.4. The van der Waals surface area contributed by atoms with Gasteiger partial charge in [0.05, 0.1) is 6.04 Å². The lowest BCUT2D eigenvalue weighted by Crippen LogP contribution is -2.16. The highest BCUT2D eigenvalue weighted by atomic mass is 14.9. The number of benzene rings is 3. The third-order valence-corrected chi connectivity index (χ3v) is 3.60. The summed E-state index contributed by atoms with van der Waals surface area (Å²) in [6.45, 7) is 0. The Labute approximate surface area is 132 Å². The van der Waals surface area contributed by atoms with Gasteiger partial charge in [-0.25, -0.2) is 0 Å². The fourth-order valence-corrected chi connectivity index (χ4v) is 2.48. The van der Waals surface area contributed by atoms with Crippen molar-refractivity contribution in [1.29, 1.82) is 0 Å². The molecular formula is C21H19N. The highest BCUT2D eigenvalue weighted by Crippen LogP contribution is 2.21. The van der Waals surface area contributed by atoms with Crippen LogP contribution in [0.1, 0.15) is 22.7 Å². The summed E-state index contributed by atoms with van der Waals surface area (Å²) in [5.74, 6) is 0. The normalized spacial score (nSPS) is 11.0. The maximum Gasteiger partial charge on any atom is 0.0762 e. The summed E-state index contributed by atoms with van der Waals surface area (Å²) >= 11 is 0. The highest BCUT2D eigenvalue weighted by Gasteiger charge is 2.10. The Hall–Kier alpha value is -2.80. The predicted molar refractivity (Wildman–Crippen MR) is 93.3 cm³/mol. The number of nitrogens with one attached hydrogen (secondary N) is 1. The molecule has 0 unspecified atom stereocenters. The average molecular weight is 285 g/mol. The van der Waals surface area contributed by atoms with Crippen LogP contribution in [-0.4, -0.2) is 0 Å². The molecule has 0 atom stereocenters. The van der Waals surface area contributed by atoms with Gasteiger partial charge in [0.2, 0.25) is 0 Å². The molecule has 0 spiro atoms. The first-order valence-electron chi connectivity index (χ1n) is 7.51. The van der Waals surface area contributed by atoms with Crippen molar-refractivity contribution in [3.8, 4) is 0 Å². The largest absolute Gasteiger partial charge is 0.380 e. The Morgan fingerprint density at radius 3 is 1.55 bits per heavy atom. The average Bonchev–Trinajstić information content (AvgIpc) is 2.61. The van der Waals surface area contributed by atoms with Crippen LogP contribution in [0.25, 0.3) is 6.08 Å². The summed E-state index contributed by atoms with van der Waals surface area (Å²) in [4.78, 5) is 0. The van der Waals surface area contributed by atoms with Crippen LogP contribution < -0.4 is 5.32 Å². The molecule has 0 saturated carbocycles. The van der Waals surface area contributed by atoms with Gasteiger partial charge in [-0.1, -0.05) is 91.0 Å². The second-order valence-corrected chi connectivity index (χ2v) is 5.17. The molecule has 108 valence electrons. The van der Waals surface area contributed by atoms with Gasteiger partial charge in [-0.05, 0) is 29.0 Å². The lowest BCUT2D eigenvalue weighted by atomic mass is 9.99. The Balaban J connectivity index is 1.82. The van der Waals surface area contributed by atoms with Gasteiger partial charge in [0.1, 0.15) is 0 Å². The van der Waals surface area contributed by atoms with Crippen molar-refractivity contribution in [1.82, 2.24) is 5.32 Å². The van der Waals surface area contributed by atoms with Crippen LogP contribution in [0.5, 0.6) is 0 Å². The SMILES string of the molecule is C(=Cc1ccccc1)NC(c1ccccc1)c1ccccc1. The van der Waals surface area contributed by atoms with E-state index in [-0.39, 0.29) is 6.04 Å². The second kappa shape index (κ2) is 7.28. The van der Waals surface area contributed by atoms with Gasteiger partial charge in [0.25, 0.3) is 0 Å². The molecule has 1 N–H and O–H groups in total. The Bertz CT molecular complexity index is 663. The van der Waals surface area contributed by atoms with E-state index in [1.54, 1.807) is 0 Å². The number of hydrogen-bond donors (Lipinski definition) is 1. The summed E-state index contributed by atoms with van der Waals surface area (Å²) in [5.41, 5.74) is 3.70. The van der Waals surface area contributed by atoms with E-state index in [2.05, 4.69) is 72.1 Å². The first-order chi connectivity index (χ1) is 10.9. The van der Waals surface area contributed by atoms with E-state index >= 15 is 0 Å². The van der Waals surface area contributed by atoms with Crippen LogP contribution in [-0.2, 0) is 0 Å². The summed E-state index contributed by atoms with van der Waals surface area (Å²) in [6, 6.07) is 31.5. The van der Waals surface area contributed by atoms with Crippen LogP contribution >= 0.6 is 0 Å². The van der Waals surface area contributed by atoms with Gasteiger partial charge in [-0.3, -0.25) is 0 Å². The molecule has 3 rings (SSSR count). The summed E-state index contributed by atoms with van der Waals surface area (Å²) in [5, 5.41) is 3.52. The van der Waals surface area contributed by atoms with Gasteiger partial charge in [-0.2, -0.15) is 0 Å². The molecule has 0 aliphatic rings. The van der Waals surface area contributed by atoms with Crippen LogP contribution in [0.3, 0.4) is 0 Å². The first kappa shape index (κ1) is 14.2. The molecule has 0 radical (unpaired) electrons. The van der Waals surface area contributed by atoms with E-state index in [9.17, 15) is 0 Å². The van der Waals surface area contributed by atoms with Crippen molar-refractivity contribution in [2.75, 3.05) is 0 Å². The zero-order chi connectivity index (χ0) is 15.0. The lowest BCUT2D eigenvalue weighted by molar-refractivity contribution is 0.731.